The Morgan fingerprint density at radius 3 is 2.23 bits per heavy atom. The van der Waals surface area contributed by atoms with Crippen LogP contribution in [-0.2, 0) is 11.2 Å². The molecule has 0 aliphatic carbocycles. The minimum Gasteiger partial charge on any atom is -0.508 e. The molecule has 14 nitrogen and oxygen atoms in total. The third kappa shape index (κ3) is 7.72. The van der Waals surface area contributed by atoms with Crippen LogP contribution in [0.1, 0.15) is 28.4 Å². The maximum absolute atomic E-state index is 13.0. The van der Waals surface area contributed by atoms with Gasteiger partial charge in [0.1, 0.15) is 11.8 Å². The van der Waals surface area contributed by atoms with E-state index >= 15 is 0 Å². The van der Waals surface area contributed by atoms with Crippen molar-refractivity contribution in [1.82, 2.24) is 10.7 Å². The van der Waals surface area contributed by atoms with Crippen LogP contribution >= 0.6 is 0 Å². The first-order valence-corrected chi connectivity index (χ1v) is 11.4. The normalized spacial score (nSPS) is 11.5. The number of aromatic hydroxyl groups is 2. The summed E-state index contributed by atoms with van der Waals surface area (Å²) >= 11 is 0. The number of phenols is 2. The van der Waals surface area contributed by atoms with Crippen LogP contribution in [0, 0.1) is 20.2 Å². The standard InChI is InChI=1S/C25H23N5O9/c1-2-39-23-10-16(5-8-22(23)32)14-26-28-25(34)21(9-15-3-6-20(31)7-4-15)27-24(33)17-11-18(29(35)36)13-19(12-17)30(37)38/h3-8,10-14,21,31-32H,2,9H2,1H3,(H,27,33)(H,28,34)/b26-14-/t21-/m0/s1. The molecule has 0 aliphatic rings. The van der Waals surface area contributed by atoms with Gasteiger partial charge in [0.15, 0.2) is 11.5 Å². The molecule has 3 aromatic carbocycles. The minimum absolute atomic E-state index is 0.0161. The van der Waals surface area contributed by atoms with Gasteiger partial charge in [-0.1, -0.05) is 12.1 Å². The minimum atomic E-state index is -1.27. The Morgan fingerprint density at radius 1 is 1.00 bits per heavy atom. The topological polar surface area (TPSA) is 207 Å². The summed E-state index contributed by atoms with van der Waals surface area (Å²) in [4.78, 5) is 46.5. The average molecular weight is 537 g/mol. The van der Waals surface area contributed by atoms with E-state index < -0.39 is 44.6 Å². The van der Waals surface area contributed by atoms with Gasteiger partial charge in [0.05, 0.1) is 34.3 Å². The largest absolute Gasteiger partial charge is 0.508 e. The first-order chi connectivity index (χ1) is 18.6. The second kappa shape index (κ2) is 12.6. The summed E-state index contributed by atoms with van der Waals surface area (Å²) in [5, 5.41) is 48.0. The summed E-state index contributed by atoms with van der Waals surface area (Å²) in [7, 11) is 0. The molecule has 3 rings (SSSR count). The summed E-state index contributed by atoms with van der Waals surface area (Å²) in [5.41, 5.74) is 1.59. The van der Waals surface area contributed by atoms with Crippen molar-refractivity contribution in [2.45, 2.75) is 19.4 Å². The molecule has 0 radical (unpaired) electrons. The lowest BCUT2D eigenvalue weighted by Crippen LogP contribution is -2.46. The number of phenolic OH excluding ortho intramolecular Hbond substituents is 2. The van der Waals surface area contributed by atoms with Crippen molar-refractivity contribution in [2.24, 2.45) is 5.10 Å². The third-order valence-corrected chi connectivity index (χ3v) is 5.26. The van der Waals surface area contributed by atoms with Gasteiger partial charge in [-0.3, -0.25) is 29.8 Å². The Bertz CT molecular complexity index is 1390. The monoisotopic (exact) mass is 537 g/mol. The van der Waals surface area contributed by atoms with Gasteiger partial charge in [-0.15, -0.1) is 0 Å². The fraction of sp³-hybridized carbons (Fsp3) is 0.160. The maximum Gasteiger partial charge on any atom is 0.277 e. The number of rotatable bonds is 11. The predicted octanol–water partition coefficient (Wildman–Crippen LogP) is 2.80. The van der Waals surface area contributed by atoms with Crippen LogP contribution in [0.15, 0.2) is 65.8 Å². The lowest BCUT2D eigenvalue weighted by atomic mass is 10.0. The van der Waals surface area contributed by atoms with Gasteiger partial charge in [0.2, 0.25) is 0 Å². The van der Waals surface area contributed by atoms with Crippen molar-refractivity contribution >= 4 is 29.4 Å². The van der Waals surface area contributed by atoms with Crippen LogP contribution in [0.2, 0.25) is 0 Å². The van der Waals surface area contributed by atoms with Crippen LogP contribution in [0.5, 0.6) is 17.2 Å². The van der Waals surface area contributed by atoms with Gasteiger partial charge in [-0.2, -0.15) is 5.10 Å². The van der Waals surface area contributed by atoms with E-state index in [-0.39, 0.29) is 23.7 Å². The number of nitro groups is 2. The smallest absolute Gasteiger partial charge is 0.277 e. The summed E-state index contributed by atoms with van der Waals surface area (Å²) < 4.78 is 5.30. The zero-order chi connectivity index (χ0) is 28.5. The van der Waals surface area contributed by atoms with Crippen molar-refractivity contribution in [3.63, 3.8) is 0 Å². The molecular formula is C25H23N5O9. The number of benzene rings is 3. The number of hydrazone groups is 1. The van der Waals surface area contributed by atoms with Gasteiger partial charge in [0.25, 0.3) is 23.2 Å². The highest BCUT2D eigenvalue weighted by Gasteiger charge is 2.25. The molecule has 0 unspecified atom stereocenters. The number of nitrogens with one attached hydrogen (secondary N) is 2. The summed E-state index contributed by atoms with van der Waals surface area (Å²) in [5.74, 6) is -1.61. The Kier molecular flexibility index (Phi) is 9.08. The molecule has 14 heteroatoms. The van der Waals surface area contributed by atoms with E-state index in [1.807, 2.05) is 0 Å². The molecule has 39 heavy (non-hydrogen) atoms. The van der Waals surface area contributed by atoms with Gasteiger partial charge < -0.3 is 20.3 Å². The van der Waals surface area contributed by atoms with Crippen LogP contribution in [0.4, 0.5) is 11.4 Å². The van der Waals surface area contributed by atoms with E-state index in [1.165, 1.54) is 48.7 Å². The highest BCUT2D eigenvalue weighted by molar-refractivity contribution is 5.98. The molecule has 2 amide bonds. The van der Waals surface area contributed by atoms with E-state index in [9.17, 15) is 40.0 Å². The highest BCUT2D eigenvalue weighted by Crippen LogP contribution is 2.26. The SMILES string of the molecule is CCOc1cc(/C=N\NC(=O)[C@H](Cc2ccc(O)cc2)NC(=O)c2cc([N+](=O)[O-])cc([N+](=O)[O-])c2)ccc1O. The van der Waals surface area contributed by atoms with E-state index in [2.05, 4.69) is 15.8 Å². The molecule has 0 aromatic heterocycles. The average Bonchev–Trinajstić information content (AvgIpc) is 2.91. The highest BCUT2D eigenvalue weighted by atomic mass is 16.6. The van der Waals surface area contributed by atoms with Crippen LogP contribution in [-0.4, -0.2) is 50.7 Å². The molecule has 0 aliphatic heterocycles. The Morgan fingerprint density at radius 2 is 1.64 bits per heavy atom. The second-order valence-electron chi connectivity index (χ2n) is 8.04. The molecule has 0 saturated carbocycles. The molecule has 0 spiro atoms. The van der Waals surface area contributed by atoms with Crippen molar-refractivity contribution in [3.8, 4) is 17.2 Å². The molecule has 4 N–H and O–H groups in total. The van der Waals surface area contributed by atoms with Crippen molar-refractivity contribution in [1.29, 1.82) is 0 Å². The number of carbonyl (C=O) groups excluding carboxylic acids is 2. The quantitative estimate of drug-likeness (QED) is 0.161. The van der Waals surface area contributed by atoms with E-state index in [4.69, 9.17) is 4.74 Å². The number of hydrogen-bond donors (Lipinski definition) is 4. The molecule has 0 bridgehead atoms. The molecule has 0 heterocycles. The molecule has 0 fully saturated rings. The lowest BCUT2D eigenvalue weighted by molar-refractivity contribution is -0.394. The van der Waals surface area contributed by atoms with E-state index in [0.29, 0.717) is 23.8 Å². The van der Waals surface area contributed by atoms with E-state index in [1.54, 1.807) is 6.92 Å². The van der Waals surface area contributed by atoms with Gasteiger partial charge in [-0.05, 0) is 48.4 Å². The lowest BCUT2D eigenvalue weighted by Gasteiger charge is -2.17. The zero-order valence-corrected chi connectivity index (χ0v) is 20.4. The first-order valence-electron chi connectivity index (χ1n) is 11.4. The number of ether oxygens (including phenoxy) is 1. The van der Waals surface area contributed by atoms with E-state index in [0.717, 1.165) is 12.1 Å². The third-order valence-electron chi connectivity index (χ3n) is 5.26. The van der Waals surface area contributed by atoms with Crippen molar-refractivity contribution in [3.05, 3.63) is 97.6 Å². The van der Waals surface area contributed by atoms with Crippen molar-refractivity contribution in [2.75, 3.05) is 6.61 Å². The number of amides is 2. The van der Waals surface area contributed by atoms with Crippen LogP contribution < -0.4 is 15.5 Å². The fourth-order valence-electron chi connectivity index (χ4n) is 3.39. The summed E-state index contributed by atoms with van der Waals surface area (Å²) in [6.45, 7) is 2.06. The first kappa shape index (κ1) is 28.0. The Hall–Kier alpha value is -5.53. The predicted molar refractivity (Wildman–Crippen MR) is 138 cm³/mol. The molecule has 202 valence electrons. The Labute approximate surface area is 220 Å². The number of nitro benzene ring substituents is 2. The Balaban J connectivity index is 1.83. The molecule has 1 atom stereocenters. The fourth-order valence-corrected chi connectivity index (χ4v) is 3.39. The van der Waals surface area contributed by atoms with Gasteiger partial charge in [0, 0.05) is 18.6 Å². The van der Waals surface area contributed by atoms with Crippen molar-refractivity contribution < 1.29 is 34.4 Å². The maximum atomic E-state index is 13.0. The summed E-state index contributed by atoms with van der Waals surface area (Å²) in [6, 6.07) is 11.4. The summed E-state index contributed by atoms with van der Waals surface area (Å²) in [6.07, 6.45) is 1.21. The molecule has 3 aromatic rings. The van der Waals surface area contributed by atoms with Gasteiger partial charge >= 0.3 is 0 Å². The molecular weight excluding hydrogens is 514 g/mol. The number of hydrogen-bond acceptors (Lipinski definition) is 10. The zero-order valence-electron chi connectivity index (χ0n) is 20.4. The van der Waals surface area contributed by atoms with Crippen LogP contribution in [0.25, 0.3) is 0 Å². The van der Waals surface area contributed by atoms with Crippen LogP contribution in [0.3, 0.4) is 0 Å². The number of non-ortho nitro benzene ring substituents is 2. The van der Waals surface area contributed by atoms with Gasteiger partial charge in [-0.25, -0.2) is 5.43 Å². The molecule has 0 saturated heterocycles. The number of carbonyl (C=O) groups is 2. The second-order valence-corrected chi connectivity index (χ2v) is 8.04. The number of nitrogens with zero attached hydrogens (tertiary/aromatic N) is 3.